The van der Waals surface area contributed by atoms with E-state index in [1.165, 1.54) is 0 Å². The fraction of sp³-hybridized carbons (Fsp3) is 0.200. The second-order valence-corrected chi connectivity index (χ2v) is 5.56. The van der Waals surface area contributed by atoms with Crippen molar-refractivity contribution in [2.24, 2.45) is 0 Å². The fourth-order valence-electron chi connectivity index (χ4n) is 1.90. The summed E-state index contributed by atoms with van der Waals surface area (Å²) in [5.74, 6) is 0.784. The Kier molecular flexibility index (Phi) is 4.86. The van der Waals surface area contributed by atoms with Crippen molar-refractivity contribution in [3.05, 3.63) is 63.1 Å². The molecule has 0 amide bonds. The molecule has 19 heavy (non-hydrogen) atoms. The Morgan fingerprint density at radius 3 is 2.74 bits per heavy atom. The maximum Gasteiger partial charge on any atom is 0.119 e. The number of hydrogen-bond donors (Lipinski definition) is 1. The van der Waals surface area contributed by atoms with Crippen LogP contribution in [-0.2, 0) is 6.42 Å². The van der Waals surface area contributed by atoms with Crippen LogP contribution in [0.2, 0.25) is 5.02 Å². The Morgan fingerprint density at radius 2 is 2.05 bits per heavy atom. The van der Waals surface area contributed by atoms with Gasteiger partial charge in [0.2, 0.25) is 0 Å². The molecule has 0 saturated heterocycles. The first-order chi connectivity index (χ1) is 9.10. The van der Waals surface area contributed by atoms with Crippen LogP contribution in [0.4, 0.5) is 0 Å². The highest BCUT2D eigenvalue weighted by atomic mass is 79.9. The molecule has 0 aliphatic carbocycles. The van der Waals surface area contributed by atoms with Gasteiger partial charge in [-0.25, -0.2) is 0 Å². The molecule has 0 spiro atoms. The fourth-order valence-corrected chi connectivity index (χ4v) is 2.70. The van der Waals surface area contributed by atoms with Crippen LogP contribution >= 0.6 is 27.5 Å². The lowest BCUT2D eigenvalue weighted by atomic mass is 10.0. The molecule has 2 aromatic rings. The molecule has 0 aromatic heterocycles. The molecule has 1 unspecified atom stereocenters. The van der Waals surface area contributed by atoms with Crippen molar-refractivity contribution in [1.82, 2.24) is 0 Å². The first kappa shape index (κ1) is 14.4. The van der Waals surface area contributed by atoms with E-state index >= 15 is 0 Å². The summed E-state index contributed by atoms with van der Waals surface area (Å²) in [7, 11) is 1.63. The van der Waals surface area contributed by atoms with Crippen molar-refractivity contribution in [2.75, 3.05) is 7.11 Å². The highest BCUT2D eigenvalue weighted by Crippen LogP contribution is 2.29. The lowest BCUT2D eigenvalue weighted by Crippen LogP contribution is -2.02. The van der Waals surface area contributed by atoms with Gasteiger partial charge in [0.25, 0.3) is 0 Å². The van der Waals surface area contributed by atoms with E-state index < -0.39 is 6.10 Å². The minimum Gasteiger partial charge on any atom is -0.497 e. The molecule has 2 aromatic carbocycles. The maximum atomic E-state index is 10.3. The summed E-state index contributed by atoms with van der Waals surface area (Å²) in [6, 6.07) is 13.1. The zero-order chi connectivity index (χ0) is 13.8. The number of rotatable bonds is 4. The van der Waals surface area contributed by atoms with Crippen molar-refractivity contribution in [2.45, 2.75) is 12.5 Å². The van der Waals surface area contributed by atoms with Gasteiger partial charge in [-0.3, -0.25) is 0 Å². The quantitative estimate of drug-likeness (QED) is 0.894. The third-order valence-electron chi connectivity index (χ3n) is 2.88. The van der Waals surface area contributed by atoms with E-state index in [1.54, 1.807) is 13.2 Å². The van der Waals surface area contributed by atoms with E-state index in [4.69, 9.17) is 16.3 Å². The van der Waals surface area contributed by atoms with Gasteiger partial charge in [0.15, 0.2) is 0 Å². The second-order valence-electron chi connectivity index (χ2n) is 4.24. The monoisotopic (exact) mass is 340 g/mol. The number of ether oxygens (including phenoxy) is 1. The summed E-state index contributed by atoms with van der Waals surface area (Å²) in [6.45, 7) is 0. The number of aliphatic hydroxyl groups is 1. The minimum atomic E-state index is -0.632. The first-order valence-electron chi connectivity index (χ1n) is 5.86. The van der Waals surface area contributed by atoms with E-state index in [-0.39, 0.29) is 0 Å². The molecule has 0 heterocycles. The lowest BCUT2D eigenvalue weighted by Gasteiger charge is -2.13. The van der Waals surface area contributed by atoms with Crippen molar-refractivity contribution in [1.29, 1.82) is 0 Å². The SMILES string of the molecule is COc1cccc(CC(O)c2ccc(Br)cc2Cl)c1. The Balaban J connectivity index is 2.17. The number of halogens is 2. The predicted octanol–water partition coefficient (Wildman–Crippen LogP) is 4.39. The van der Waals surface area contributed by atoms with Crippen LogP contribution in [0.1, 0.15) is 17.2 Å². The topological polar surface area (TPSA) is 29.5 Å². The number of hydrogen-bond acceptors (Lipinski definition) is 2. The second kappa shape index (κ2) is 6.42. The maximum absolute atomic E-state index is 10.3. The van der Waals surface area contributed by atoms with Gasteiger partial charge in [-0.15, -0.1) is 0 Å². The number of aliphatic hydroxyl groups excluding tert-OH is 1. The molecule has 1 N–H and O–H groups in total. The minimum absolute atomic E-state index is 0.499. The van der Waals surface area contributed by atoms with Gasteiger partial charge >= 0.3 is 0 Å². The van der Waals surface area contributed by atoms with Crippen LogP contribution in [0.3, 0.4) is 0 Å². The van der Waals surface area contributed by atoms with Crippen LogP contribution < -0.4 is 4.74 Å². The summed E-state index contributed by atoms with van der Waals surface area (Å²) in [5.41, 5.74) is 1.73. The third-order valence-corrected chi connectivity index (χ3v) is 3.71. The van der Waals surface area contributed by atoms with Gasteiger partial charge in [-0.05, 0) is 35.4 Å². The number of methoxy groups -OCH3 is 1. The Labute approximate surface area is 126 Å². The van der Waals surface area contributed by atoms with E-state index in [9.17, 15) is 5.11 Å². The predicted molar refractivity (Wildman–Crippen MR) is 80.8 cm³/mol. The van der Waals surface area contributed by atoms with E-state index in [0.29, 0.717) is 11.4 Å². The van der Waals surface area contributed by atoms with Gasteiger partial charge in [0.1, 0.15) is 5.75 Å². The summed E-state index contributed by atoms with van der Waals surface area (Å²) in [6.07, 6.45) is -0.133. The molecule has 4 heteroatoms. The average Bonchev–Trinajstić information content (AvgIpc) is 2.38. The van der Waals surface area contributed by atoms with Gasteiger partial charge in [-0.1, -0.05) is 45.7 Å². The summed E-state index contributed by atoms with van der Waals surface area (Å²) in [4.78, 5) is 0. The Hall–Kier alpha value is -1.03. The van der Waals surface area contributed by atoms with E-state index in [1.807, 2.05) is 36.4 Å². The molecule has 2 nitrogen and oxygen atoms in total. The van der Waals surface area contributed by atoms with Gasteiger partial charge in [-0.2, -0.15) is 0 Å². The molecule has 0 aliphatic heterocycles. The third kappa shape index (κ3) is 3.72. The summed E-state index contributed by atoms with van der Waals surface area (Å²) < 4.78 is 6.07. The Bertz CT molecular complexity index is 572. The van der Waals surface area contributed by atoms with Crippen LogP contribution in [0, 0.1) is 0 Å². The first-order valence-corrected chi connectivity index (χ1v) is 7.03. The molecule has 0 radical (unpaired) electrons. The smallest absolute Gasteiger partial charge is 0.119 e. The van der Waals surface area contributed by atoms with Crippen molar-refractivity contribution in [3.63, 3.8) is 0 Å². The zero-order valence-corrected chi connectivity index (χ0v) is 12.8. The normalized spacial score (nSPS) is 12.2. The van der Waals surface area contributed by atoms with Gasteiger partial charge in [0, 0.05) is 15.9 Å². The van der Waals surface area contributed by atoms with Crippen molar-refractivity contribution >= 4 is 27.5 Å². The summed E-state index contributed by atoms with van der Waals surface area (Å²) >= 11 is 9.48. The molecule has 1 atom stereocenters. The molecule has 0 fully saturated rings. The highest BCUT2D eigenvalue weighted by molar-refractivity contribution is 9.10. The summed E-state index contributed by atoms with van der Waals surface area (Å²) in [5, 5.41) is 10.8. The molecular formula is C15H14BrClO2. The van der Waals surface area contributed by atoms with Crippen LogP contribution in [-0.4, -0.2) is 12.2 Å². The zero-order valence-electron chi connectivity index (χ0n) is 10.4. The number of benzene rings is 2. The van der Waals surface area contributed by atoms with Gasteiger partial charge < -0.3 is 9.84 Å². The molecular weight excluding hydrogens is 328 g/mol. The molecule has 0 bridgehead atoms. The molecule has 0 aliphatic rings. The van der Waals surface area contributed by atoms with Crippen LogP contribution in [0.5, 0.6) is 5.75 Å². The van der Waals surface area contributed by atoms with E-state index in [0.717, 1.165) is 21.3 Å². The standard InChI is InChI=1S/C15H14BrClO2/c1-19-12-4-2-3-10(7-12)8-15(18)13-6-5-11(16)9-14(13)17/h2-7,9,15,18H,8H2,1H3. The molecule has 100 valence electrons. The molecule has 2 rings (SSSR count). The van der Waals surface area contributed by atoms with Crippen molar-refractivity contribution in [3.8, 4) is 5.75 Å². The largest absolute Gasteiger partial charge is 0.497 e. The Morgan fingerprint density at radius 1 is 1.26 bits per heavy atom. The highest BCUT2D eigenvalue weighted by Gasteiger charge is 2.13. The van der Waals surface area contributed by atoms with Crippen LogP contribution in [0.25, 0.3) is 0 Å². The molecule has 0 saturated carbocycles. The van der Waals surface area contributed by atoms with Crippen molar-refractivity contribution < 1.29 is 9.84 Å². The average molecular weight is 342 g/mol. The van der Waals surface area contributed by atoms with Gasteiger partial charge in [0.05, 0.1) is 13.2 Å². The van der Waals surface area contributed by atoms with E-state index in [2.05, 4.69) is 15.9 Å². The van der Waals surface area contributed by atoms with Crippen LogP contribution in [0.15, 0.2) is 46.9 Å². The lowest BCUT2D eigenvalue weighted by molar-refractivity contribution is 0.178.